The molecule has 1 unspecified atom stereocenters. The topological polar surface area (TPSA) is 38.0 Å². The number of thiophene rings is 1. The molecule has 1 aromatic rings. The average molecular weight is 226 g/mol. The van der Waals surface area contributed by atoms with Crippen LogP contribution in [0.15, 0.2) is 17.5 Å². The first kappa shape index (κ1) is 12.7. The van der Waals surface area contributed by atoms with Gasteiger partial charge in [-0.05, 0) is 36.1 Å². The molecule has 0 bridgehead atoms. The predicted octanol–water partition coefficient (Wildman–Crippen LogP) is 2.95. The number of nitrogens with two attached hydrogens (primary N) is 1. The van der Waals surface area contributed by atoms with Crippen molar-refractivity contribution in [3.05, 3.63) is 22.4 Å². The molecule has 3 N–H and O–H groups in total. The average Bonchev–Trinajstić information content (AvgIpc) is 2.62. The molecule has 0 aliphatic rings. The fourth-order valence-electron chi connectivity index (χ4n) is 1.70. The molecule has 2 nitrogen and oxygen atoms in total. The van der Waals surface area contributed by atoms with E-state index in [0.717, 1.165) is 6.42 Å². The van der Waals surface area contributed by atoms with Crippen LogP contribution in [0.3, 0.4) is 0 Å². The molecular formula is C12H22N2S. The Kier molecular flexibility index (Phi) is 4.77. The van der Waals surface area contributed by atoms with Crippen molar-refractivity contribution in [3.63, 3.8) is 0 Å². The summed E-state index contributed by atoms with van der Waals surface area (Å²) in [6, 6.07) is 4.71. The van der Waals surface area contributed by atoms with Crippen LogP contribution in [-0.4, -0.2) is 6.04 Å². The first-order valence-corrected chi connectivity index (χ1v) is 6.40. The van der Waals surface area contributed by atoms with E-state index in [0.29, 0.717) is 6.04 Å². The molecular weight excluding hydrogens is 204 g/mol. The highest BCUT2D eigenvalue weighted by molar-refractivity contribution is 7.09. The van der Waals surface area contributed by atoms with E-state index in [1.54, 1.807) is 0 Å². The molecule has 0 saturated heterocycles. The predicted molar refractivity (Wildman–Crippen MR) is 67.8 cm³/mol. The van der Waals surface area contributed by atoms with Crippen molar-refractivity contribution in [2.75, 3.05) is 0 Å². The maximum Gasteiger partial charge on any atom is 0.0259 e. The van der Waals surface area contributed by atoms with E-state index in [4.69, 9.17) is 5.84 Å². The minimum absolute atomic E-state index is 0.240. The van der Waals surface area contributed by atoms with Crippen molar-refractivity contribution in [1.82, 2.24) is 5.43 Å². The van der Waals surface area contributed by atoms with Gasteiger partial charge in [0.1, 0.15) is 0 Å². The van der Waals surface area contributed by atoms with Gasteiger partial charge in [0.2, 0.25) is 0 Å². The lowest BCUT2D eigenvalue weighted by atomic mass is 9.84. The second kappa shape index (κ2) is 5.64. The summed E-state index contributed by atoms with van der Waals surface area (Å²) < 4.78 is 0. The molecule has 15 heavy (non-hydrogen) atoms. The lowest BCUT2D eigenvalue weighted by Gasteiger charge is -2.29. The number of hydrazine groups is 1. The Morgan fingerprint density at radius 1 is 1.47 bits per heavy atom. The summed E-state index contributed by atoms with van der Waals surface area (Å²) in [6.07, 6.45) is 3.51. The van der Waals surface area contributed by atoms with Crippen molar-refractivity contribution in [2.45, 2.75) is 46.1 Å². The Labute approximate surface area is 96.9 Å². The molecule has 1 atom stereocenters. The third-order valence-electron chi connectivity index (χ3n) is 2.74. The molecule has 3 heteroatoms. The summed E-state index contributed by atoms with van der Waals surface area (Å²) >= 11 is 1.84. The van der Waals surface area contributed by atoms with E-state index in [9.17, 15) is 0 Å². The van der Waals surface area contributed by atoms with E-state index < -0.39 is 0 Å². The van der Waals surface area contributed by atoms with Gasteiger partial charge in [0.15, 0.2) is 0 Å². The largest absolute Gasteiger partial charge is 0.271 e. The minimum atomic E-state index is 0.240. The summed E-state index contributed by atoms with van der Waals surface area (Å²) in [4.78, 5) is 1.47. The fraction of sp³-hybridized carbons (Fsp3) is 0.667. The highest BCUT2D eigenvalue weighted by Gasteiger charge is 2.22. The minimum Gasteiger partial charge on any atom is -0.271 e. The molecule has 1 rings (SSSR count). The van der Waals surface area contributed by atoms with E-state index >= 15 is 0 Å². The van der Waals surface area contributed by atoms with Crippen LogP contribution in [0.5, 0.6) is 0 Å². The standard InChI is InChI=1S/C12H22N2S/c1-12(2,3)11(14-13)8-4-6-10-7-5-9-15-10/h5,7,9,11,14H,4,6,8,13H2,1-3H3. The van der Waals surface area contributed by atoms with Crippen molar-refractivity contribution < 1.29 is 0 Å². The molecule has 0 radical (unpaired) electrons. The van der Waals surface area contributed by atoms with Crippen LogP contribution in [0.4, 0.5) is 0 Å². The molecule has 86 valence electrons. The second-order valence-corrected chi connectivity index (χ2v) is 6.09. The molecule has 0 aromatic carbocycles. The van der Waals surface area contributed by atoms with Crippen LogP contribution < -0.4 is 11.3 Å². The Bertz CT molecular complexity index is 262. The second-order valence-electron chi connectivity index (χ2n) is 5.06. The summed E-state index contributed by atoms with van der Waals surface area (Å²) in [5, 5.41) is 2.14. The van der Waals surface area contributed by atoms with Gasteiger partial charge in [-0.25, -0.2) is 0 Å². The van der Waals surface area contributed by atoms with Gasteiger partial charge in [-0.2, -0.15) is 0 Å². The zero-order valence-corrected chi connectivity index (χ0v) is 10.7. The molecule has 0 saturated carbocycles. The monoisotopic (exact) mass is 226 g/mol. The van der Waals surface area contributed by atoms with Gasteiger partial charge in [-0.3, -0.25) is 11.3 Å². The van der Waals surface area contributed by atoms with Gasteiger partial charge in [0.05, 0.1) is 0 Å². The first-order chi connectivity index (χ1) is 7.04. The molecule has 0 aliphatic carbocycles. The van der Waals surface area contributed by atoms with Gasteiger partial charge >= 0.3 is 0 Å². The summed E-state index contributed by atoms with van der Waals surface area (Å²) in [5.41, 5.74) is 3.17. The maximum absolute atomic E-state index is 5.57. The molecule has 1 aromatic heterocycles. The smallest absolute Gasteiger partial charge is 0.0259 e. The fourth-order valence-corrected chi connectivity index (χ4v) is 2.45. The zero-order chi connectivity index (χ0) is 11.3. The Balaban J connectivity index is 2.29. The van der Waals surface area contributed by atoms with Crippen LogP contribution in [0.1, 0.15) is 38.5 Å². The van der Waals surface area contributed by atoms with Crippen LogP contribution >= 0.6 is 11.3 Å². The highest BCUT2D eigenvalue weighted by atomic mass is 32.1. The summed E-state index contributed by atoms with van der Waals surface area (Å²) in [7, 11) is 0. The SMILES string of the molecule is CC(C)(C)C(CCCc1cccs1)NN. The molecule has 0 amide bonds. The lowest BCUT2D eigenvalue weighted by Crippen LogP contribution is -2.44. The Hall–Kier alpha value is -0.380. The van der Waals surface area contributed by atoms with E-state index in [1.165, 1.54) is 17.7 Å². The van der Waals surface area contributed by atoms with Gasteiger partial charge in [0.25, 0.3) is 0 Å². The molecule has 1 heterocycles. The van der Waals surface area contributed by atoms with Crippen LogP contribution in [0.2, 0.25) is 0 Å². The number of hydrogen-bond donors (Lipinski definition) is 2. The molecule has 0 aliphatic heterocycles. The van der Waals surface area contributed by atoms with Gasteiger partial charge in [-0.1, -0.05) is 26.8 Å². The van der Waals surface area contributed by atoms with Crippen molar-refractivity contribution >= 4 is 11.3 Å². The third-order valence-corrected chi connectivity index (χ3v) is 3.68. The molecule has 0 spiro atoms. The summed E-state index contributed by atoms with van der Waals surface area (Å²) in [5.74, 6) is 5.57. The number of aryl methyl sites for hydroxylation is 1. The van der Waals surface area contributed by atoms with Crippen molar-refractivity contribution in [2.24, 2.45) is 11.3 Å². The quantitative estimate of drug-likeness (QED) is 0.598. The zero-order valence-electron chi connectivity index (χ0n) is 9.92. The number of hydrogen-bond acceptors (Lipinski definition) is 3. The lowest BCUT2D eigenvalue weighted by molar-refractivity contribution is 0.253. The van der Waals surface area contributed by atoms with E-state index in [1.807, 2.05) is 11.3 Å². The van der Waals surface area contributed by atoms with Gasteiger partial charge in [-0.15, -0.1) is 11.3 Å². The Morgan fingerprint density at radius 2 is 2.20 bits per heavy atom. The summed E-state index contributed by atoms with van der Waals surface area (Å²) in [6.45, 7) is 6.67. The van der Waals surface area contributed by atoms with Gasteiger partial charge < -0.3 is 0 Å². The van der Waals surface area contributed by atoms with Crippen molar-refractivity contribution in [1.29, 1.82) is 0 Å². The van der Waals surface area contributed by atoms with Gasteiger partial charge in [0, 0.05) is 10.9 Å². The molecule has 0 fully saturated rings. The van der Waals surface area contributed by atoms with E-state index in [2.05, 4.69) is 43.7 Å². The Morgan fingerprint density at radius 3 is 2.67 bits per heavy atom. The highest BCUT2D eigenvalue weighted by Crippen LogP contribution is 2.23. The maximum atomic E-state index is 5.57. The van der Waals surface area contributed by atoms with Crippen LogP contribution in [0.25, 0.3) is 0 Å². The number of nitrogens with one attached hydrogen (secondary N) is 1. The first-order valence-electron chi connectivity index (χ1n) is 5.52. The number of rotatable bonds is 5. The third kappa shape index (κ3) is 4.33. The normalized spacial score (nSPS) is 14.1. The van der Waals surface area contributed by atoms with Crippen LogP contribution in [0, 0.1) is 5.41 Å². The van der Waals surface area contributed by atoms with Crippen LogP contribution in [-0.2, 0) is 6.42 Å². The van der Waals surface area contributed by atoms with E-state index in [-0.39, 0.29) is 5.41 Å². The van der Waals surface area contributed by atoms with Crippen molar-refractivity contribution in [3.8, 4) is 0 Å².